The predicted octanol–water partition coefficient (Wildman–Crippen LogP) is 3.88. The van der Waals surface area contributed by atoms with Crippen molar-refractivity contribution in [3.63, 3.8) is 0 Å². The number of anilines is 2. The molecule has 134 valence electrons. The third-order valence-corrected chi connectivity index (χ3v) is 4.61. The van der Waals surface area contributed by atoms with Crippen LogP contribution in [0.25, 0.3) is 0 Å². The molecule has 0 amide bonds. The molecule has 3 rings (SSSR count). The van der Waals surface area contributed by atoms with Gasteiger partial charge in [-0.15, -0.1) is 0 Å². The molecule has 3 aromatic rings. The fourth-order valence-electron chi connectivity index (χ4n) is 2.63. The van der Waals surface area contributed by atoms with Crippen molar-refractivity contribution in [2.45, 2.75) is 26.3 Å². The van der Waals surface area contributed by atoms with Crippen LogP contribution >= 0.6 is 11.5 Å². The van der Waals surface area contributed by atoms with Crippen LogP contribution in [0, 0.1) is 0 Å². The summed E-state index contributed by atoms with van der Waals surface area (Å²) in [6.45, 7) is 3.85. The van der Waals surface area contributed by atoms with Gasteiger partial charge in [-0.05, 0) is 55.1 Å². The first kappa shape index (κ1) is 17.9. The van der Waals surface area contributed by atoms with Gasteiger partial charge in [-0.25, -0.2) is 0 Å². The van der Waals surface area contributed by atoms with E-state index in [4.69, 9.17) is 5.73 Å². The minimum Gasteiger partial charge on any atom is -0.383 e. The van der Waals surface area contributed by atoms with Gasteiger partial charge >= 0.3 is 0 Å². The number of nitrogens with two attached hydrogens (primary N) is 1. The van der Waals surface area contributed by atoms with E-state index < -0.39 is 0 Å². The molecular formula is C20H22N4OS. The highest BCUT2D eigenvalue weighted by Crippen LogP contribution is 2.23. The van der Waals surface area contributed by atoms with Crippen molar-refractivity contribution in [1.82, 2.24) is 4.37 Å². The Hall–Kier alpha value is -2.86. The average Bonchev–Trinajstić information content (AvgIpc) is 2.97. The second kappa shape index (κ2) is 8.01. The van der Waals surface area contributed by atoms with E-state index >= 15 is 0 Å². The summed E-state index contributed by atoms with van der Waals surface area (Å²) in [5.74, 6) is 0.255. The molecule has 6 heteroatoms. The zero-order chi connectivity index (χ0) is 18.5. The third kappa shape index (κ3) is 4.40. The summed E-state index contributed by atoms with van der Waals surface area (Å²) in [7, 11) is 0. The molecule has 0 aliphatic carbocycles. The molecule has 2 aromatic carbocycles. The van der Waals surface area contributed by atoms with Gasteiger partial charge in [0.15, 0.2) is 0 Å². The summed E-state index contributed by atoms with van der Waals surface area (Å²) in [4.78, 5) is 16.3. The summed E-state index contributed by atoms with van der Waals surface area (Å²) < 4.78 is 2.72. The van der Waals surface area contributed by atoms with Crippen LogP contribution in [0.5, 0.6) is 0 Å². The number of nitrogens with zero attached hydrogens (tertiary/aromatic N) is 1. The van der Waals surface area contributed by atoms with Crippen LogP contribution in [0.15, 0.2) is 64.4 Å². The van der Waals surface area contributed by atoms with E-state index in [-0.39, 0.29) is 17.4 Å². The lowest BCUT2D eigenvalue weighted by molar-refractivity contribution is 0.834. The Labute approximate surface area is 156 Å². The Bertz CT molecular complexity index is 940. The van der Waals surface area contributed by atoms with Crippen LogP contribution in [0.3, 0.4) is 0 Å². The number of hydrogen-bond acceptors (Lipinski definition) is 4. The summed E-state index contributed by atoms with van der Waals surface area (Å²) >= 11 is 1.22. The summed E-state index contributed by atoms with van der Waals surface area (Å²) in [5.41, 5.74) is 9.58. The highest BCUT2D eigenvalue weighted by atomic mass is 32.1. The van der Waals surface area contributed by atoms with Crippen molar-refractivity contribution in [3.8, 4) is 0 Å². The topological polar surface area (TPSA) is 83.3 Å². The van der Waals surface area contributed by atoms with Crippen molar-refractivity contribution in [2.75, 3.05) is 5.32 Å². The number of aromatic nitrogens is 1. The summed E-state index contributed by atoms with van der Waals surface area (Å²) in [5, 5.41) is 3.94. The van der Waals surface area contributed by atoms with Gasteiger partial charge in [0.25, 0.3) is 5.56 Å². The van der Waals surface area contributed by atoms with Crippen molar-refractivity contribution >= 4 is 28.1 Å². The lowest BCUT2D eigenvalue weighted by Crippen LogP contribution is -2.23. The zero-order valence-electron chi connectivity index (χ0n) is 14.8. The number of H-pyrrole nitrogens is 1. The lowest BCUT2D eigenvalue weighted by Gasteiger charge is -2.08. The normalized spacial score (nSPS) is 11.7. The molecule has 0 saturated carbocycles. The maximum absolute atomic E-state index is 12.1. The zero-order valence-corrected chi connectivity index (χ0v) is 15.6. The molecule has 26 heavy (non-hydrogen) atoms. The van der Waals surface area contributed by atoms with Gasteiger partial charge in [-0.3, -0.25) is 14.2 Å². The number of hydrogen-bond donors (Lipinski definition) is 3. The Kier molecular flexibility index (Phi) is 5.53. The molecular weight excluding hydrogens is 344 g/mol. The van der Waals surface area contributed by atoms with Gasteiger partial charge in [-0.1, -0.05) is 42.5 Å². The van der Waals surface area contributed by atoms with Gasteiger partial charge in [0.2, 0.25) is 0 Å². The van der Waals surface area contributed by atoms with Gasteiger partial charge < -0.3 is 11.1 Å². The first-order valence-electron chi connectivity index (χ1n) is 8.48. The second-order valence-corrected chi connectivity index (χ2v) is 7.15. The van der Waals surface area contributed by atoms with Crippen LogP contribution < -0.4 is 16.6 Å². The van der Waals surface area contributed by atoms with Crippen molar-refractivity contribution in [2.24, 2.45) is 10.7 Å². The summed E-state index contributed by atoms with van der Waals surface area (Å²) in [6.07, 6.45) is 0.887. The predicted molar refractivity (Wildman–Crippen MR) is 110 cm³/mol. The standard InChI is InChI=1S/C20H22N4OS/c1-13(2)22-18(21)17-19(25)24-26-20(17)23-16-10-8-15(9-11-16)12-14-6-4-3-5-7-14/h3-11,13,23H,12H2,1-2H3,(H2,21,22)(H,24,25). The molecule has 1 aromatic heterocycles. The van der Waals surface area contributed by atoms with E-state index in [1.54, 1.807) is 0 Å². The molecule has 4 N–H and O–H groups in total. The summed E-state index contributed by atoms with van der Waals surface area (Å²) in [6, 6.07) is 18.5. The first-order chi connectivity index (χ1) is 12.5. The molecule has 0 unspecified atom stereocenters. The maximum Gasteiger partial charge on any atom is 0.271 e. The minimum absolute atomic E-state index is 0.0272. The Balaban J connectivity index is 1.77. The van der Waals surface area contributed by atoms with E-state index in [0.717, 1.165) is 12.1 Å². The molecule has 0 bridgehead atoms. The van der Waals surface area contributed by atoms with Crippen molar-refractivity contribution in [3.05, 3.63) is 81.6 Å². The Morgan fingerprint density at radius 1 is 1.12 bits per heavy atom. The van der Waals surface area contributed by atoms with E-state index in [0.29, 0.717) is 10.6 Å². The van der Waals surface area contributed by atoms with Crippen LogP contribution in [-0.2, 0) is 6.42 Å². The quantitative estimate of drug-likeness (QED) is 0.457. The average molecular weight is 366 g/mol. The first-order valence-corrected chi connectivity index (χ1v) is 9.29. The molecule has 0 atom stereocenters. The Morgan fingerprint density at radius 2 is 1.77 bits per heavy atom. The lowest BCUT2D eigenvalue weighted by atomic mass is 10.0. The molecule has 0 aliphatic rings. The molecule has 0 fully saturated rings. The molecule has 5 nitrogen and oxygen atoms in total. The van der Waals surface area contributed by atoms with E-state index in [1.165, 1.54) is 22.7 Å². The fraction of sp³-hybridized carbons (Fsp3) is 0.200. The third-order valence-electron chi connectivity index (χ3n) is 3.82. The van der Waals surface area contributed by atoms with Crippen molar-refractivity contribution in [1.29, 1.82) is 0 Å². The highest BCUT2D eigenvalue weighted by molar-refractivity contribution is 7.10. The number of amidine groups is 1. The van der Waals surface area contributed by atoms with Crippen molar-refractivity contribution < 1.29 is 0 Å². The number of nitrogens with one attached hydrogen (secondary N) is 2. The van der Waals surface area contributed by atoms with E-state index in [1.807, 2.05) is 44.2 Å². The number of aromatic amines is 1. The van der Waals surface area contributed by atoms with E-state index in [2.05, 4.69) is 38.9 Å². The number of aliphatic imine (C=N–C) groups is 1. The van der Waals surface area contributed by atoms with Crippen LogP contribution in [0.1, 0.15) is 30.5 Å². The van der Waals surface area contributed by atoms with Crippen LogP contribution in [0.2, 0.25) is 0 Å². The van der Waals surface area contributed by atoms with Gasteiger partial charge in [0.05, 0.1) is 0 Å². The fourth-order valence-corrected chi connectivity index (χ4v) is 3.40. The highest BCUT2D eigenvalue weighted by Gasteiger charge is 2.15. The minimum atomic E-state index is -0.222. The molecule has 0 saturated heterocycles. The number of benzene rings is 2. The Morgan fingerprint density at radius 3 is 2.42 bits per heavy atom. The van der Waals surface area contributed by atoms with Gasteiger partial charge in [0, 0.05) is 11.7 Å². The maximum atomic E-state index is 12.1. The SMILES string of the molecule is CC(C)N=C(N)c1c(Nc2ccc(Cc3ccccc3)cc2)s[nH]c1=O. The molecule has 1 heterocycles. The monoisotopic (exact) mass is 366 g/mol. The molecule has 0 spiro atoms. The van der Waals surface area contributed by atoms with Gasteiger partial charge in [0.1, 0.15) is 16.4 Å². The van der Waals surface area contributed by atoms with Crippen LogP contribution in [0.4, 0.5) is 10.7 Å². The smallest absolute Gasteiger partial charge is 0.271 e. The number of rotatable bonds is 6. The van der Waals surface area contributed by atoms with Gasteiger partial charge in [-0.2, -0.15) is 0 Å². The second-order valence-electron chi connectivity index (χ2n) is 6.33. The largest absolute Gasteiger partial charge is 0.383 e. The van der Waals surface area contributed by atoms with Crippen LogP contribution in [-0.4, -0.2) is 16.3 Å². The molecule has 0 radical (unpaired) electrons. The molecule has 0 aliphatic heterocycles. The van der Waals surface area contributed by atoms with E-state index in [9.17, 15) is 4.79 Å².